The van der Waals surface area contributed by atoms with E-state index in [0.29, 0.717) is 16.8 Å². The molecule has 4 rings (SSSR count). The van der Waals surface area contributed by atoms with E-state index in [1.807, 2.05) is 51.1 Å². The Bertz CT molecular complexity index is 1040. The molecule has 0 spiro atoms. The number of hydrogen-bond donors (Lipinski definition) is 0. The van der Waals surface area contributed by atoms with E-state index < -0.39 is 0 Å². The zero-order chi connectivity index (χ0) is 17.9. The lowest BCUT2D eigenvalue weighted by Crippen LogP contribution is -2.41. The number of imide groups is 1. The van der Waals surface area contributed by atoms with Gasteiger partial charge >= 0.3 is 0 Å². The van der Waals surface area contributed by atoms with Crippen molar-refractivity contribution in [2.24, 2.45) is 0 Å². The van der Waals surface area contributed by atoms with Crippen LogP contribution in [0.15, 0.2) is 46.9 Å². The Hall–Kier alpha value is -2.46. The van der Waals surface area contributed by atoms with E-state index in [1.54, 1.807) is 12.1 Å². The summed E-state index contributed by atoms with van der Waals surface area (Å²) in [6.45, 7) is 5.89. The van der Waals surface area contributed by atoms with Crippen LogP contribution >= 0.6 is 15.9 Å². The van der Waals surface area contributed by atoms with Gasteiger partial charge in [-0.3, -0.25) is 9.59 Å². The van der Waals surface area contributed by atoms with E-state index in [2.05, 4.69) is 15.9 Å². The number of carbonyl (C=O) groups is 2. The first-order valence-electron chi connectivity index (χ1n) is 8.08. The number of rotatable bonds is 1. The third-order valence-electron chi connectivity index (χ3n) is 4.71. The molecule has 3 aromatic carbocycles. The lowest BCUT2D eigenvalue weighted by atomic mass is 9.92. The predicted octanol–water partition coefficient (Wildman–Crippen LogP) is 5.33. The number of aryl methyl sites for hydroxylation is 3. The third kappa shape index (κ3) is 2.24. The molecule has 1 aliphatic rings. The third-order valence-corrected chi connectivity index (χ3v) is 5.40. The molecule has 3 nitrogen and oxygen atoms in total. The Morgan fingerprint density at radius 3 is 2.08 bits per heavy atom. The Morgan fingerprint density at radius 2 is 1.44 bits per heavy atom. The normalized spacial score (nSPS) is 13.7. The molecule has 4 heteroatoms. The smallest absolute Gasteiger partial charge is 0.266 e. The Labute approximate surface area is 154 Å². The monoisotopic (exact) mass is 393 g/mol. The van der Waals surface area contributed by atoms with Gasteiger partial charge in [-0.1, -0.05) is 45.8 Å². The predicted molar refractivity (Wildman–Crippen MR) is 103 cm³/mol. The molecule has 2 amide bonds. The highest BCUT2D eigenvalue weighted by atomic mass is 79.9. The number of anilines is 1. The van der Waals surface area contributed by atoms with Crippen LogP contribution in [-0.2, 0) is 0 Å². The molecule has 0 atom stereocenters. The maximum absolute atomic E-state index is 13.2. The molecule has 0 saturated heterocycles. The first kappa shape index (κ1) is 16.0. The average molecular weight is 394 g/mol. The Kier molecular flexibility index (Phi) is 3.55. The van der Waals surface area contributed by atoms with E-state index in [-0.39, 0.29) is 11.8 Å². The largest absolute Gasteiger partial charge is 0.268 e. The lowest BCUT2D eigenvalue weighted by Gasteiger charge is -2.30. The van der Waals surface area contributed by atoms with E-state index in [9.17, 15) is 9.59 Å². The molecule has 0 unspecified atom stereocenters. The Balaban J connectivity index is 2.03. The summed E-state index contributed by atoms with van der Waals surface area (Å²) in [7, 11) is 0. The van der Waals surface area contributed by atoms with E-state index >= 15 is 0 Å². The standard InChI is InChI=1S/C21H16BrNO2/c1-11-9-12(2)19(13(3)10-11)23-20(24)15-6-4-5-14-17(22)8-7-16(18(14)15)21(23)25/h4-10H,1-3H3. The minimum absolute atomic E-state index is 0.267. The molecule has 0 aromatic heterocycles. The molecule has 0 N–H and O–H groups in total. The van der Waals surface area contributed by atoms with Gasteiger partial charge < -0.3 is 0 Å². The van der Waals surface area contributed by atoms with Crippen molar-refractivity contribution in [2.45, 2.75) is 20.8 Å². The van der Waals surface area contributed by atoms with E-state index in [4.69, 9.17) is 0 Å². The number of hydrogen-bond acceptors (Lipinski definition) is 2. The van der Waals surface area contributed by atoms with Crippen LogP contribution < -0.4 is 4.90 Å². The van der Waals surface area contributed by atoms with Crippen molar-refractivity contribution >= 4 is 44.2 Å². The van der Waals surface area contributed by atoms with Gasteiger partial charge in [0.25, 0.3) is 11.8 Å². The highest BCUT2D eigenvalue weighted by molar-refractivity contribution is 9.10. The second kappa shape index (κ2) is 5.53. The van der Waals surface area contributed by atoms with Crippen molar-refractivity contribution < 1.29 is 9.59 Å². The highest BCUT2D eigenvalue weighted by Crippen LogP contribution is 2.38. The summed E-state index contributed by atoms with van der Waals surface area (Å²) in [4.78, 5) is 27.7. The van der Waals surface area contributed by atoms with Crippen LogP contribution in [0.4, 0.5) is 5.69 Å². The van der Waals surface area contributed by atoms with Gasteiger partial charge in [-0.25, -0.2) is 4.90 Å². The first-order valence-corrected chi connectivity index (χ1v) is 8.87. The number of amides is 2. The lowest BCUT2D eigenvalue weighted by molar-refractivity contribution is 0.0893. The van der Waals surface area contributed by atoms with Crippen molar-refractivity contribution in [3.8, 4) is 0 Å². The van der Waals surface area contributed by atoms with Gasteiger partial charge in [0.1, 0.15) is 0 Å². The second-order valence-corrected chi connectivity index (χ2v) is 7.37. The number of benzene rings is 3. The first-order chi connectivity index (χ1) is 11.9. The molecule has 0 saturated carbocycles. The topological polar surface area (TPSA) is 37.4 Å². The molecule has 124 valence electrons. The summed E-state index contributed by atoms with van der Waals surface area (Å²) in [5.74, 6) is -0.535. The van der Waals surface area contributed by atoms with Gasteiger partial charge in [0.2, 0.25) is 0 Å². The van der Waals surface area contributed by atoms with Gasteiger partial charge in [-0.05, 0) is 55.5 Å². The quantitative estimate of drug-likeness (QED) is 0.524. The number of halogens is 1. The number of nitrogens with zero attached hydrogens (tertiary/aromatic N) is 1. The second-order valence-electron chi connectivity index (χ2n) is 6.52. The summed E-state index contributed by atoms with van der Waals surface area (Å²) >= 11 is 3.51. The van der Waals surface area contributed by atoms with Crippen molar-refractivity contribution in [3.63, 3.8) is 0 Å². The van der Waals surface area contributed by atoms with Crippen molar-refractivity contribution in [1.82, 2.24) is 0 Å². The van der Waals surface area contributed by atoms with Crippen LogP contribution in [0, 0.1) is 20.8 Å². The zero-order valence-electron chi connectivity index (χ0n) is 14.2. The van der Waals surface area contributed by atoms with Gasteiger partial charge in [-0.15, -0.1) is 0 Å². The van der Waals surface area contributed by atoms with Crippen molar-refractivity contribution in [1.29, 1.82) is 0 Å². The summed E-state index contributed by atoms with van der Waals surface area (Å²) < 4.78 is 0.879. The Morgan fingerprint density at radius 1 is 0.840 bits per heavy atom. The van der Waals surface area contributed by atoms with Gasteiger partial charge in [0.05, 0.1) is 5.69 Å². The van der Waals surface area contributed by atoms with Gasteiger partial charge in [-0.2, -0.15) is 0 Å². The zero-order valence-corrected chi connectivity index (χ0v) is 15.8. The average Bonchev–Trinajstić information content (AvgIpc) is 2.56. The fraction of sp³-hybridized carbons (Fsp3) is 0.143. The van der Waals surface area contributed by atoms with Gasteiger partial charge in [0, 0.05) is 21.0 Å². The molecule has 3 aromatic rings. The molecule has 0 bridgehead atoms. The minimum atomic E-state index is -0.267. The molecule has 0 radical (unpaired) electrons. The maximum atomic E-state index is 13.2. The highest BCUT2D eigenvalue weighted by Gasteiger charge is 2.35. The van der Waals surface area contributed by atoms with Crippen LogP contribution in [0.3, 0.4) is 0 Å². The molecule has 0 fully saturated rings. The van der Waals surface area contributed by atoms with Crippen molar-refractivity contribution in [3.05, 3.63) is 74.8 Å². The van der Waals surface area contributed by atoms with Crippen LogP contribution in [0.25, 0.3) is 10.8 Å². The molecular formula is C21H16BrNO2. The van der Waals surface area contributed by atoms with E-state index in [1.165, 1.54) is 4.90 Å². The van der Waals surface area contributed by atoms with Crippen LogP contribution in [0.5, 0.6) is 0 Å². The summed E-state index contributed by atoms with van der Waals surface area (Å²) in [6, 6.07) is 13.2. The fourth-order valence-corrected chi connectivity index (χ4v) is 4.25. The molecule has 25 heavy (non-hydrogen) atoms. The summed E-state index contributed by atoms with van der Waals surface area (Å²) in [6.07, 6.45) is 0. The number of carbonyl (C=O) groups excluding carboxylic acids is 2. The van der Waals surface area contributed by atoms with Crippen LogP contribution in [0.1, 0.15) is 37.4 Å². The minimum Gasteiger partial charge on any atom is -0.268 e. The summed E-state index contributed by atoms with van der Waals surface area (Å²) in [5.41, 5.74) is 4.77. The van der Waals surface area contributed by atoms with Crippen LogP contribution in [-0.4, -0.2) is 11.8 Å². The molecular weight excluding hydrogens is 378 g/mol. The van der Waals surface area contributed by atoms with Gasteiger partial charge in [0.15, 0.2) is 0 Å². The maximum Gasteiger partial charge on any atom is 0.266 e. The molecule has 1 aliphatic heterocycles. The van der Waals surface area contributed by atoms with Crippen molar-refractivity contribution in [2.75, 3.05) is 4.90 Å². The SMILES string of the molecule is Cc1cc(C)c(N2C(=O)c3cccc4c(Br)ccc(c34)C2=O)c(C)c1. The van der Waals surface area contributed by atoms with Crippen LogP contribution in [0.2, 0.25) is 0 Å². The van der Waals surface area contributed by atoms with E-state index in [0.717, 1.165) is 31.9 Å². The fourth-order valence-electron chi connectivity index (χ4n) is 3.79. The summed E-state index contributed by atoms with van der Waals surface area (Å²) in [5, 5.41) is 1.61. The molecule has 1 heterocycles. The molecule has 0 aliphatic carbocycles.